The van der Waals surface area contributed by atoms with E-state index in [1.807, 2.05) is 13.8 Å². The van der Waals surface area contributed by atoms with E-state index in [1.165, 1.54) is 24.4 Å². The number of nitrogens with zero attached hydrogens (tertiary/aromatic N) is 6. The summed E-state index contributed by atoms with van der Waals surface area (Å²) in [5.41, 5.74) is 5.65. The number of methoxy groups -OCH3 is 1. The average molecular weight is 292 g/mol. The molecule has 0 spiro atoms. The number of carbonyl (C=O) groups is 1. The SMILES string of the molecule is COC(=O)C(Nc1nc(N)nc(-n2cncn2)n1)C(C)C. The molecule has 0 aliphatic rings. The Labute approximate surface area is 120 Å². The first-order valence-corrected chi connectivity index (χ1v) is 6.22. The lowest BCUT2D eigenvalue weighted by molar-refractivity contribution is -0.142. The minimum Gasteiger partial charge on any atom is -0.467 e. The van der Waals surface area contributed by atoms with Gasteiger partial charge in [0, 0.05) is 0 Å². The van der Waals surface area contributed by atoms with Crippen molar-refractivity contribution >= 4 is 17.9 Å². The molecule has 2 aromatic rings. The zero-order chi connectivity index (χ0) is 15.4. The fourth-order valence-electron chi connectivity index (χ4n) is 1.62. The molecule has 2 heterocycles. The number of nitrogens with one attached hydrogen (secondary N) is 1. The van der Waals surface area contributed by atoms with Gasteiger partial charge in [0.25, 0.3) is 5.95 Å². The lowest BCUT2D eigenvalue weighted by Gasteiger charge is -2.19. The normalized spacial score (nSPS) is 12.2. The molecule has 0 saturated heterocycles. The molecule has 0 aliphatic carbocycles. The summed E-state index contributed by atoms with van der Waals surface area (Å²) in [6, 6.07) is -0.597. The first kappa shape index (κ1) is 14.6. The molecule has 10 heteroatoms. The van der Waals surface area contributed by atoms with Gasteiger partial charge in [0.2, 0.25) is 11.9 Å². The second kappa shape index (κ2) is 6.11. The molecule has 21 heavy (non-hydrogen) atoms. The monoisotopic (exact) mass is 292 g/mol. The highest BCUT2D eigenvalue weighted by Crippen LogP contribution is 2.12. The van der Waals surface area contributed by atoms with Crippen molar-refractivity contribution in [3.8, 4) is 5.95 Å². The summed E-state index contributed by atoms with van der Waals surface area (Å²) in [4.78, 5) is 27.6. The molecule has 10 nitrogen and oxygen atoms in total. The number of nitrogens with two attached hydrogens (primary N) is 1. The summed E-state index contributed by atoms with van der Waals surface area (Å²) in [7, 11) is 1.32. The predicted octanol–water partition coefficient (Wildman–Crippen LogP) is -0.356. The van der Waals surface area contributed by atoms with E-state index in [0.29, 0.717) is 0 Å². The van der Waals surface area contributed by atoms with Crippen molar-refractivity contribution in [1.82, 2.24) is 29.7 Å². The van der Waals surface area contributed by atoms with E-state index in [0.717, 1.165) is 0 Å². The molecule has 2 aromatic heterocycles. The van der Waals surface area contributed by atoms with Crippen LogP contribution < -0.4 is 11.1 Å². The van der Waals surface area contributed by atoms with Crippen LogP contribution in [0, 0.1) is 5.92 Å². The Morgan fingerprint density at radius 1 is 1.38 bits per heavy atom. The quantitative estimate of drug-likeness (QED) is 0.708. The van der Waals surface area contributed by atoms with Crippen molar-refractivity contribution in [3.63, 3.8) is 0 Å². The Hall–Kier alpha value is -2.78. The summed E-state index contributed by atoms with van der Waals surface area (Å²) >= 11 is 0. The maximum absolute atomic E-state index is 11.7. The molecule has 2 rings (SSSR count). The Balaban J connectivity index is 2.29. The van der Waals surface area contributed by atoms with Crippen LogP contribution in [0.4, 0.5) is 11.9 Å². The number of hydrogen-bond donors (Lipinski definition) is 2. The topological polar surface area (TPSA) is 134 Å². The van der Waals surface area contributed by atoms with Gasteiger partial charge in [-0.15, -0.1) is 0 Å². The number of nitrogen functional groups attached to an aromatic ring is 1. The van der Waals surface area contributed by atoms with E-state index in [9.17, 15) is 4.79 Å². The standard InChI is InChI=1S/C11H16N8O2/c1-6(2)7(8(20)21-3)15-10-16-9(12)17-11(18-10)19-5-13-4-14-19/h4-7H,1-3H3,(H3,12,15,16,17,18). The van der Waals surface area contributed by atoms with Crippen LogP contribution in [0.1, 0.15) is 13.8 Å². The van der Waals surface area contributed by atoms with Gasteiger partial charge in [0.05, 0.1) is 7.11 Å². The van der Waals surface area contributed by atoms with Gasteiger partial charge in [-0.2, -0.15) is 24.7 Å². The molecule has 0 aromatic carbocycles. The van der Waals surface area contributed by atoms with Gasteiger partial charge in [-0.25, -0.2) is 9.78 Å². The lowest BCUT2D eigenvalue weighted by atomic mass is 10.1. The first-order chi connectivity index (χ1) is 10.0. The van der Waals surface area contributed by atoms with E-state index < -0.39 is 12.0 Å². The lowest BCUT2D eigenvalue weighted by Crippen LogP contribution is -2.36. The third kappa shape index (κ3) is 3.41. The van der Waals surface area contributed by atoms with Gasteiger partial charge in [-0.1, -0.05) is 13.8 Å². The van der Waals surface area contributed by atoms with Crippen molar-refractivity contribution in [2.75, 3.05) is 18.2 Å². The van der Waals surface area contributed by atoms with Crippen LogP contribution in [-0.2, 0) is 9.53 Å². The van der Waals surface area contributed by atoms with Crippen molar-refractivity contribution in [3.05, 3.63) is 12.7 Å². The molecule has 0 aliphatic heterocycles. The molecule has 0 amide bonds. The number of hydrogen-bond acceptors (Lipinski definition) is 9. The molecule has 112 valence electrons. The molecule has 0 saturated carbocycles. The van der Waals surface area contributed by atoms with Crippen LogP contribution >= 0.6 is 0 Å². The van der Waals surface area contributed by atoms with Crippen molar-refractivity contribution in [2.45, 2.75) is 19.9 Å². The minimum absolute atomic E-state index is 0.00497. The second-order valence-electron chi connectivity index (χ2n) is 4.55. The van der Waals surface area contributed by atoms with Crippen LogP contribution in [0.5, 0.6) is 0 Å². The van der Waals surface area contributed by atoms with Gasteiger partial charge in [0.1, 0.15) is 18.7 Å². The number of esters is 1. The van der Waals surface area contributed by atoms with E-state index in [4.69, 9.17) is 10.5 Å². The zero-order valence-electron chi connectivity index (χ0n) is 11.9. The summed E-state index contributed by atoms with van der Waals surface area (Å²) in [5.74, 6) is -0.0612. The summed E-state index contributed by atoms with van der Waals surface area (Å²) in [6.45, 7) is 3.74. The molecule has 1 atom stereocenters. The Morgan fingerprint density at radius 2 is 2.14 bits per heavy atom. The van der Waals surface area contributed by atoms with Gasteiger partial charge >= 0.3 is 5.97 Å². The first-order valence-electron chi connectivity index (χ1n) is 6.22. The molecular formula is C11H16N8O2. The molecule has 0 bridgehead atoms. The molecular weight excluding hydrogens is 276 g/mol. The second-order valence-corrected chi connectivity index (χ2v) is 4.55. The molecule has 3 N–H and O–H groups in total. The number of carbonyl (C=O) groups excluding carboxylic acids is 1. The van der Waals surface area contributed by atoms with Crippen LogP contribution in [0.15, 0.2) is 12.7 Å². The largest absolute Gasteiger partial charge is 0.467 e. The van der Waals surface area contributed by atoms with Gasteiger partial charge in [-0.3, -0.25) is 0 Å². The number of anilines is 2. The summed E-state index contributed by atoms with van der Waals surface area (Å²) in [6.07, 6.45) is 2.78. The van der Waals surface area contributed by atoms with E-state index in [2.05, 4.69) is 30.4 Å². The Morgan fingerprint density at radius 3 is 2.71 bits per heavy atom. The van der Waals surface area contributed by atoms with Crippen LogP contribution in [-0.4, -0.2) is 48.8 Å². The van der Waals surface area contributed by atoms with Crippen LogP contribution in [0.2, 0.25) is 0 Å². The third-order valence-corrected chi connectivity index (χ3v) is 2.67. The highest BCUT2D eigenvalue weighted by Gasteiger charge is 2.24. The Kier molecular flexibility index (Phi) is 4.26. The van der Waals surface area contributed by atoms with Gasteiger partial charge in [-0.05, 0) is 5.92 Å². The van der Waals surface area contributed by atoms with E-state index >= 15 is 0 Å². The van der Waals surface area contributed by atoms with E-state index in [1.54, 1.807) is 0 Å². The maximum atomic E-state index is 11.7. The predicted molar refractivity (Wildman–Crippen MR) is 73.4 cm³/mol. The highest BCUT2D eigenvalue weighted by molar-refractivity contribution is 5.78. The van der Waals surface area contributed by atoms with Crippen LogP contribution in [0.25, 0.3) is 5.95 Å². The summed E-state index contributed by atoms with van der Waals surface area (Å²) < 4.78 is 6.09. The highest BCUT2D eigenvalue weighted by atomic mass is 16.5. The average Bonchev–Trinajstić information content (AvgIpc) is 2.97. The zero-order valence-corrected chi connectivity index (χ0v) is 11.9. The fourth-order valence-corrected chi connectivity index (χ4v) is 1.62. The maximum Gasteiger partial charge on any atom is 0.328 e. The summed E-state index contributed by atoms with van der Waals surface area (Å²) in [5, 5.41) is 6.81. The number of aromatic nitrogens is 6. The van der Waals surface area contributed by atoms with Crippen LogP contribution in [0.3, 0.4) is 0 Å². The Bertz CT molecular complexity index is 613. The van der Waals surface area contributed by atoms with Gasteiger partial charge in [0.15, 0.2) is 0 Å². The van der Waals surface area contributed by atoms with Gasteiger partial charge < -0.3 is 15.8 Å². The van der Waals surface area contributed by atoms with E-state index in [-0.39, 0.29) is 23.8 Å². The van der Waals surface area contributed by atoms with Crippen molar-refractivity contribution in [1.29, 1.82) is 0 Å². The fraction of sp³-hybridized carbons (Fsp3) is 0.455. The molecule has 1 unspecified atom stereocenters. The third-order valence-electron chi connectivity index (χ3n) is 2.67. The number of rotatable bonds is 5. The van der Waals surface area contributed by atoms with Crippen molar-refractivity contribution in [2.24, 2.45) is 5.92 Å². The number of ether oxygens (including phenoxy) is 1. The van der Waals surface area contributed by atoms with Crippen molar-refractivity contribution < 1.29 is 9.53 Å². The molecule has 0 fully saturated rings. The molecule has 0 radical (unpaired) electrons. The minimum atomic E-state index is -0.597. The smallest absolute Gasteiger partial charge is 0.328 e.